The number of nitrogens with one attached hydrogen (secondary N) is 1. The molecular formula is C4H10NNaO2. The molecule has 2 N–H and O–H groups in total. The zero-order valence-electron chi connectivity index (χ0n) is 4.27. The van der Waals surface area contributed by atoms with Crippen molar-refractivity contribution in [3.05, 3.63) is 0 Å². The van der Waals surface area contributed by atoms with Gasteiger partial charge >= 0.3 is 35.5 Å². The van der Waals surface area contributed by atoms with Gasteiger partial charge < -0.3 is 10.4 Å². The number of hydrogen-bond acceptors (Lipinski definition) is 2. The van der Waals surface area contributed by atoms with Crippen LogP contribution in [-0.2, 0) is 4.79 Å². The van der Waals surface area contributed by atoms with E-state index in [1.165, 1.54) is 0 Å². The fourth-order valence-electron chi connectivity index (χ4n) is 0.232. The molecule has 0 bridgehead atoms. The van der Waals surface area contributed by atoms with Gasteiger partial charge in [-0.15, -0.1) is 0 Å². The van der Waals surface area contributed by atoms with E-state index in [1.807, 2.05) is 0 Å². The van der Waals surface area contributed by atoms with Crippen molar-refractivity contribution in [3.8, 4) is 0 Å². The molecule has 0 aliphatic rings. The van der Waals surface area contributed by atoms with E-state index in [-0.39, 0.29) is 36.0 Å². The van der Waals surface area contributed by atoms with Gasteiger partial charge in [-0.25, -0.2) is 0 Å². The first-order valence-electron chi connectivity index (χ1n) is 2.13. The Morgan fingerprint density at radius 2 is 2.25 bits per heavy atom. The van der Waals surface area contributed by atoms with Crippen LogP contribution >= 0.6 is 0 Å². The molecule has 3 nitrogen and oxygen atoms in total. The predicted molar refractivity (Wildman–Crippen MR) is 33.3 cm³/mol. The first-order chi connectivity index (χ1) is 3.27. The van der Waals surface area contributed by atoms with Crippen LogP contribution in [-0.4, -0.2) is 54.2 Å². The molecule has 0 aliphatic heterocycles. The minimum absolute atomic E-state index is 0. The van der Waals surface area contributed by atoms with Crippen LogP contribution in [0.25, 0.3) is 0 Å². The Morgan fingerprint density at radius 1 is 1.75 bits per heavy atom. The second kappa shape index (κ2) is 7.43. The molecule has 0 unspecified atom stereocenters. The summed E-state index contributed by atoms with van der Waals surface area (Å²) in [5, 5.41) is 10.7. The van der Waals surface area contributed by atoms with E-state index in [9.17, 15) is 4.79 Å². The first kappa shape index (κ1) is 11.3. The van der Waals surface area contributed by atoms with Crippen LogP contribution < -0.4 is 5.32 Å². The van der Waals surface area contributed by atoms with Crippen LogP contribution in [0, 0.1) is 0 Å². The average molecular weight is 127 g/mol. The van der Waals surface area contributed by atoms with E-state index in [0.717, 1.165) is 0 Å². The van der Waals surface area contributed by atoms with Crippen LogP contribution in [0.5, 0.6) is 0 Å². The molecule has 0 fully saturated rings. The third kappa shape index (κ3) is 9.66. The standard InChI is InChI=1S/C4H9NO2.Na.H/c1-5-3-2-4(6)7;;/h5H,2-3H2,1H3,(H,6,7);;. The molecule has 0 atom stereocenters. The Morgan fingerprint density at radius 3 is 2.38 bits per heavy atom. The molecule has 0 saturated heterocycles. The van der Waals surface area contributed by atoms with Crippen LogP contribution in [0.3, 0.4) is 0 Å². The van der Waals surface area contributed by atoms with E-state index in [0.29, 0.717) is 6.54 Å². The van der Waals surface area contributed by atoms with Gasteiger partial charge in [0.1, 0.15) is 0 Å². The third-order valence-corrected chi connectivity index (χ3v) is 0.589. The van der Waals surface area contributed by atoms with E-state index in [2.05, 4.69) is 5.32 Å². The van der Waals surface area contributed by atoms with Crippen molar-refractivity contribution in [3.63, 3.8) is 0 Å². The number of aliphatic carboxylic acids is 1. The van der Waals surface area contributed by atoms with Gasteiger partial charge in [0.25, 0.3) is 0 Å². The summed E-state index contributed by atoms with van der Waals surface area (Å²) in [6.45, 7) is 0.551. The van der Waals surface area contributed by atoms with Crippen LogP contribution in [0.15, 0.2) is 0 Å². The molecule has 0 aromatic carbocycles. The molecule has 0 aromatic rings. The molecule has 0 saturated carbocycles. The van der Waals surface area contributed by atoms with E-state index >= 15 is 0 Å². The molecular weight excluding hydrogens is 117 g/mol. The Hall–Kier alpha value is 0.430. The normalized spacial score (nSPS) is 7.62. The zero-order chi connectivity index (χ0) is 5.70. The predicted octanol–water partition coefficient (Wildman–Crippen LogP) is -0.968. The summed E-state index contributed by atoms with van der Waals surface area (Å²) in [5.41, 5.74) is 0. The summed E-state index contributed by atoms with van der Waals surface area (Å²) in [6, 6.07) is 0. The Balaban J connectivity index is 0. The minimum atomic E-state index is -0.755. The van der Waals surface area contributed by atoms with Crippen molar-refractivity contribution in [2.24, 2.45) is 0 Å². The SMILES string of the molecule is CNCCC(=O)O.[NaH]. The zero-order valence-corrected chi connectivity index (χ0v) is 4.27. The summed E-state index contributed by atoms with van der Waals surface area (Å²) in [4.78, 5) is 9.72. The topological polar surface area (TPSA) is 49.3 Å². The molecule has 0 rings (SSSR count). The summed E-state index contributed by atoms with van der Waals surface area (Å²) in [6.07, 6.45) is 0.205. The second-order valence-corrected chi connectivity index (χ2v) is 1.25. The van der Waals surface area contributed by atoms with Gasteiger partial charge in [-0.05, 0) is 7.05 Å². The van der Waals surface area contributed by atoms with Gasteiger partial charge in [-0.3, -0.25) is 4.79 Å². The Bertz CT molecular complexity index is 67.1. The number of carboxylic acid groups (broad SMARTS) is 1. The van der Waals surface area contributed by atoms with Gasteiger partial charge in [-0.2, -0.15) is 0 Å². The quantitative estimate of drug-likeness (QED) is 0.480. The molecule has 8 heavy (non-hydrogen) atoms. The summed E-state index contributed by atoms with van der Waals surface area (Å²) in [7, 11) is 1.73. The Kier molecular flexibility index (Phi) is 10.5. The molecule has 44 valence electrons. The van der Waals surface area contributed by atoms with Gasteiger partial charge in [0, 0.05) is 6.54 Å². The maximum absolute atomic E-state index is 9.72. The van der Waals surface area contributed by atoms with Crippen molar-refractivity contribution in [1.82, 2.24) is 5.32 Å². The molecule has 0 heterocycles. The van der Waals surface area contributed by atoms with Crippen molar-refractivity contribution >= 4 is 35.5 Å². The number of hydrogen-bond donors (Lipinski definition) is 2. The maximum atomic E-state index is 9.72. The second-order valence-electron chi connectivity index (χ2n) is 1.25. The van der Waals surface area contributed by atoms with Gasteiger partial charge in [0.05, 0.1) is 6.42 Å². The summed E-state index contributed by atoms with van der Waals surface area (Å²) < 4.78 is 0. The molecule has 0 aromatic heterocycles. The molecule has 0 spiro atoms. The van der Waals surface area contributed by atoms with Crippen LogP contribution in [0.2, 0.25) is 0 Å². The van der Waals surface area contributed by atoms with E-state index in [1.54, 1.807) is 7.05 Å². The fourth-order valence-corrected chi connectivity index (χ4v) is 0.232. The van der Waals surface area contributed by atoms with Crippen LogP contribution in [0.4, 0.5) is 0 Å². The van der Waals surface area contributed by atoms with Crippen molar-refractivity contribution in [2.45, 2.75) is 6.42 Å². The monoisotopic (exact) mass is 127 g/mol. The van der Waals surface area contributed by atoms with Gasteiger partial charge in [0.2, 0.25) is 0 Å². The third-order valence-electron chi connectivity index (χ3n) is 0.589. The summed E-state index contributed by atoms with van der Waals surface area (Å²) in [5.74, 6) is -0.755. The number of carbonyl (C=O) groups is 1. The fraction of sp³-hybridized carbons (Fsp3) is 0.750. The number of carboxylic acids is 1. The van der Waals surface area contributed by atoms with Crippen molar-refractivity contribution in [2.75, 3.05) is 13.6 Å². The Labute approximate surface area is 70.8 Å². The molecule has 0 radical (unpaired) electrons. The van der Waals surface area contributed by atoms with E-state index in [4.69, 9.17) is 5.11 Å². The number of rotatable bonds is 3. The molecule has 0 amide bonds. The average Bonchev–Trinajstić information content (AvgIpc) is 1.61. The van der Waals surface area contributed by atoms with Gasteiger partial charge in [-0.1, -0.05) is 0 Å². The van der Waals surface area contributed by atoms with Gasteiger partial charge in [0.15, 0.2) is 0 Å². The van der Waals surface area contributed by atoms with Crippen molar-refractivity contribution in [1.29, 1.82) is 0 Å². The summed E-state index contributed by atoms with van der Waals surface area (Å²) >= 11 is 0. The molecule has 4 heteroatoms. The molecule has 0 aliphatic carbocycles. The van der Waals surface area contributed by atoms with Crippen molar-refractivity contribution < 1.29 is 9.90 Å². The first-order valence-corrected chi connectivity index (χ1v) is 2.13. The van der Waals surface area contributed by atoms with Crippen LogP contribution in [0.1, 0.15) is 6.42 Å². The van der Waals surface area contributed by atoms with E-state index < -0.39 is 5.97 Å².